The lowest BCUT2D eigenvalue weighted by molar-refractivity contribution is 0.0916. The van der Waals surface area contributed by atoms with Crippen LogP contribution in [-0.2, 0) is 0 Å². The Morgan fingerprint density at radius 3 is 1.13 bits per heavy atom. The molecule has 0 saturated carbocycles. The molecule has 0 unspecified atom stereocenters. The van der Waals surface area contributed by atoms with Crippen LogP contribution in [0, 0.1) is 5.92 Å². The molecule has 0 atom stereocenters. The van der Waals surface area contributed by atoms with Crippen molar-refractivity contribution < 1.29 is 0 Å². The molecule has 406 valence electrons. The number of piperazine rings is 1. The van der Waals surface area contributed by atoms with Crippen molar-refractivity contribution in [3.8, 4) is 0 Å². The van der Waals surface area contributed by atoms with Crippen molar-refractivity contribution in [1.29, 1.82) is 0 Å². The number of nitrogens with zero attached hydrogens (tertiary/aromatic N) is 7. The van der Waals surface area contributed by atoms with Crippen LogP contribution in [0.15, 0.2) is 24.8 Å². The first kappa shape index (κ1) is 66.4. The van der Waals surface area contributed by atoms with Crippen LogP contribution >= 0.6 is 0 Å². The van der Waals surface area contributed by atoms with Crippen molar-refractivity contribution in [2.24, 2.45) is 17.4 Å². The van der Waals surface area contributed by atoms with Crippen LogP contribution in [0.5, 0.6) is 0 Å². The molecule has 5 aliphatic heterocycles. The molecule has 0 aromatic rings. The van der Waals surface area contributed by atoms with Gasteiger partial charge in [0, 0.05) is 124 Å². The van der Waals surface area contributed by atoms with Gasteiger partial charge >= 0.3 is 0 Å². The Bertz CT molecular complexity index is 1290. The molecule has 5 aliphatic rings. The number of piperidine rings is 4. The predicted octanol–water partition coefficient (Wildman–Crippen LogP) is 8.51. The minimum Gasteiger partial charge on any atom is -0.386 e. The fourth-order valence-corrected chi connectivity index (χ4v) is 8.83. The van der Waals surface area contributed by atoms with Crippen LogP contribution in [-0.4, -0.2) is 193 Å². The highest BCUT2D eigenvalue weighted by Gasteiger charge is 2.29. The van der Waals surface area contributed by atoms with Crippen molar-refractivity contribution in [3.63, 3.8) is 0 Å². The largest absolute Gasteiger partial charge is 0.386 e. The molecule has 0 aliphatic carbocycles. The number of likely N-dealkylation sites (tertiary alicyclic amines) is 4. The maximum Gasteiger partial charge on any atom is 0.0912 e. The van der Waals surface area contributed by atoms with Gasteiger partial charge in [0.05, 0.1) is 11.6 Å². The zero-order valence-electron chi connectivity index (χ0n) is 49.7. The van der Waals surface area contributed by atoms with E-state index in [1.165, 1.54) is 90.9 Å². The SMILES string of the molecule is C=C(N)N(C)C1CCN(C(C)C)CC1.C=C(N)NC1CCN(C(C)(C)C)CC1.CC(C)(C)N1CCNCC1.CC1CCN(C(C)(C)C)CC1.CN(C)C(C)(C)C.CNC1CCN(C(C)(C)C)CC1. The molecule has 0 radical (unpaired) electrons. The van der Waals surface area contributed by atoms with Gasteiger partial charge in [0.15, 0.2) is 0 Å². The van der Waals surface area contributed by atoms with E-state index in [1.54, 1.807) is 0 Å². The molecular formula is C56H122N12. The third-order valence-corrected chi connectivity index (χ3v) is 15.1. The van der Waals surface area contributed by atoms with Gasteiger partial charge in [-0.1, -0.05) is 20.1 Å². The van der Waals surface area contributed by atoms with Gasteiger partial charge in [0.2, 0.25) is 0 Å². The van der Waals surface area contributed by atoms with Crippen LogP contribution < -0.4 is 27.4 Å². The zero-order chi connectivity index (χ0) is 52.8. The Morgan fingerprint density at radius 1 is 0.544 bits per heavy atom. The topological polar surface area (TPSA) is 111 Å². The summed E-state index contributed by atoms with van der Waals surface area (Å²) in [5.74, 6) is 2.24. The van der Waals surface area contributed by atoms with Gasteiger partial charge in [0.25, 0.3) is 0 Å². The van der Waals surface area contributed by atoms with Crippen LogP contribution in [0.25, 0.3) is 0 Å². The van der Waals surface area contributed by atoms with E-state index in [9.17, 15) is 0 Å². The summed E-state index contributed by atoms with van der Waals surface area (Å²) in [5, 5.41) is 9.90. The normalized spacial score (nSPS) is 21.1. The number of hydrogen-bond acceptors (Lipinski definition) is 12. The summed E-state index contributed by atoms with van der Waals surface area (Å²) in [4.78, 5) is 17.0. The maximum atomic E-state index is 5.68. The van der Waals surface area contributed by atoms with E-state index in [-0.39, 0.29) is 0 Å². The van der Waals surface area contributed by atoms with Gasteiger partial charge in [-0.05, 0) is 209 Å². The molecule has 0 spiro atoms. The Hall–Kier alpha value is -1.64. The zero-order valence-corrected chi connectivity index (χ0v) is 49.7. The average molecular weight is 964 g/mol. The average Bonchev–Trinajstić information content (AvgIpc) is 3.23. The Kier molecular flexibility index (Phi) is 30.3. The highest BCUT2D eigenvalue weighted by Crippen LogP contribution is 2.24. The Morgan fingerprint density at radius 2 is 0.868 bits per heavy atom. The lowest BCUT2D eigenvalue weighted by atomic mass is 9.95. The second kappa shape index (κ2) is 31.1. The molecule has 7 N–H and O–H groups in total. The van der Waals surface area contributed by atoms with Gasteiger partial charge in [-0.15, -0.1) is 0 Å². The van der Waals surface area contributed by atoms with E-state index in [1.807, 2.05) is 7.05 Å². The van der Waals surface area contributed by atoms with Gasteiger partial charge in [0.1, 0.15) is 0 Å². The second-order valence-corrected chi connectivity index (χ2v) is 26.1. The molecule has 0 aromatic heterocycles. The molecule has 5 saturated heterocycles. The lowest BCUT2D eigenvalue weighted by Gasteiger charge is -2.41. The fraction of sp³-hybridized carbons (Fsp3) is 0.929. The summed E-state index contributed by atoms with van der Waals surface area (Å²) in [5.41, 5.74) is 12.9. The van der Waals surface area contributed by atoms with Crippen molar-refractivity contribution in [2.75, 3.05) is 107 Å². The third kappa shape index (κ3) is 29.0. The highest BCUT2D eigenvalue weighted by atomic mass is 15.2. The molecular weight excluding hydrogens is 841 g/mol. The number of rotatable bonds is 6. The Labute approximate surface area is 425 Å². The second-order valence-electron chi connectivity index (χ2n) is 26.1. The summed E-state index contributed by atoms with van der Waals surface area (Å²) in [7, 11) is 8.27. The van der Waals surface area contributed by atoms with Gasteiger partial charge in [-0.2, -0.15) is 0 Å². The van der Waals surface area contributed by atoms with Crippen molar-refractivity contribution in [2.45, 2.75) is 228 Å². The molecule has 0 amide bonds. The predicted molar refractivity (Wildman–Crippen MR) is 302 cm³/mol. The first-order valence-corrected chi connectivity index (χ1v) is 27.2. The molecule has 0 bridgehead atoms. The first-order valence-electron chi connectivity index (χ1n) is 27.2. The van der Waals surface area contributed by atoms with Crippen molar-refractivity contribution >= 4 is 0 Å². The summed E-state index contributed by atoms with van der Waals surface area (Å²) in [6.07, 6.45) is 10.1. The van der Waals surface area contributed by atoms with Gasteiger partial charge < -0.3 is 42.1 Å². The lowest BCUT2D eigenvalue weighted by Crippen LogP contribution is -2.51. The van der Waals surface area contributed by atoms with Crippen LogP contribution in [0.3, 0.4) is 0 Å². The molecule has 5 fully saturated rings. The quantitative estimate of drug-likeness (QED) is 0.176. The number of nitrogens with two attached hydrogens (primary N) is 2. The van der Waals surface area contributed by atoms with E-state index in [0.717, 1.165) is 51.0 Å². The molecule has 12 nitrogen and oxygen atoms in total. The number of hydrogen-bond donors (Lipinski definition) is 5. The standard InChI is InChI=1S/2C11H23N3.C10H22N2.C10H21N.C8H18N2.C6H15N/c1-9(12)13-10-5-7-14(8-6-10)11(2,3)4;1-9(2)14-7-5-11(6-8-14)13(4)10(3)12;1-10(2,3)12-7-5-9(11-4)6-8-12;1-9-5-7-11(8-6-9)10(2,3)4;1-8(2,3)10-6-4-9-5-7-10;1-6(2,3)7(4)5/h10,13H,1,5-8,12H2,2-4H3;9,11H,3,5-8,12H2,1-2,4H3;9,11H,5-8H2,1-4H3;9H,5-8H2,1-4H3;9H,4-7H2,1-3H3;1-5H3. The first-order chi connectivity index (χ1) is 31.0. The minimum atomic E-state index is 0.296. The van der Waals surface area contributed by atoms with E-state index in [4.69, 9.17) is 11.5 Å². The summed E-state index contributed by atoms with van der Waals surface area (Å²) in [6.45, 7) is 62.8. The third-order valence-electron chi connectivity index (χ3n) is 15.1. The van der Waals surface area contributed by atoms with Crippen LogP contribution in [0.4, 0.5) is 0 Å². The molecule has 12 heteroatoms. The molecule has 5 heterocycles. The molecule has 5 rings (SSSR count). The van der Waals surface area contributed by atoms with Gasteiger partial charge in [-0.25, -0.2) is 0 Å². The van der Waals surface area contributed by atoms with E-state index in [0.29, 0.717) is 57.5 Å². The van der Waals surface area contributed by atoms with E-state index in [2.05, 4.69) is 209 Å². The van der Waals surface area contributed by atoms with Crippen LogP contribution in [0.1, 0.15) is 176 Å². The van der Waals surface area contributed by atoms with Gasteiger partial charge in [-0.3, -0.25) is 19.6 Å². The monoisotopic (exact) mass is 963 g/mol. The van der Waals surface area contributed by atoms with E-state index >= 15 is 0 Å². The Balaban J connectivity index is 0.000000802. The van der Waals surface area contributed by atoms with Crippen molar-refractivity contribution in [1.82, 2.24) is 50.2 Å². The van der Waals surface area contributed by atoms with Crippen LogP contribution in [0.2, 0.25) is 0 Å². The smallest absolute Gasteiger partial charge is 0.0912 e. The summed E-state index contributed by atoms with van der Waals surface area (Å²) in [6, 6.07) is 2.53. The van der Waals surface area contributed by atoms with E-state index < -0.39 is 0 Å². The molecule has 0 aromatic carbocycles. The fourth-order valence-electron chi connectivity index (χ4n) is 8.83. The highest BCUT2D eigenvalue weighted by molar-refractivity contribution is 4.93. The summed E-state index contributed by atoms with van der Waals surface area (Å²) >= 11 is 0. The van der Waals surface area contributed by atoms with Crippen molar-refractivity contribution in [3.05, 3.63) is 24.8 Å². The number of nitrogens with one attached hydrogen (secondary N) is 3. The molecule has 68 heavy (non-hydrogen) atoms. The maximum absolute atomic E-state index is 5.68. The summed E-state index contributed by atoms with van der Waals surface area (Å²) < 4.78 is 0. The minimum absolute atomic E-state index is 0.296.